The topological polar surface area (TPSA) is 85.8 Å². The maximum absolute atomic E-state index is 14.7. The maximum atomic E-state index is 14.7. The lowest BCUT2D eigenvalue weighted by Gasteiger charge is -2.35. The van der Waals surface area contributed by atoms with Gasteiger partial charge in [-0.1, -0.05) is 0 Å². The van der Waals surface area contributed by atoms with E-state index in [1.807, 2.05) is 0 Å². The highest BCUT2D eigenvalue weighted by Crippen LogP contribution is 2.42. The highest BCUT2D eigenvalue weighted by Gasteiger charge is 2.48. The molecular weight excluding hydrogens is 439 g/mol. The van der Waals surface area contributed by atoms with Crippen molar-refractivity contribution in [1.82, 2.24) is 9.88 Å². The third-order valence-electron chi connectivity index (χ3n) is 5.86. The Balaban J connectivity index is 1.49. The van der Waals surface area contributed by atoms with Crippen LogP contribution in [0.1, 0.15) is 25.7 Å². The molecule has 0 aliphatic carbocycles. The van der Waals surface area contributed by atoms with Crippen LogP contribution < -0.4 is 9.14 Å². The Labute approximate surface area is 178 Å². The van der Waals surface area contributed by atoms with Crippen molar-refractivity contribution in [3.05, 3.63) is 35.6 Å². The lowest BCUT2D eigenvalue weighted by atomic mass is 9.94. The van der Waals surface area contributed by atoms with Crippen molar-refractivity contribution in [3.8, 4) is 0 Å². The van der Waals surface area contributed by atoms with Gasteiger partial charge in [-0.05, 0) is 50.4 Å². The van der Waals surface area contributed by atoms with Crippen molar-refractivity contribution in [2.24, 2.45) is 0 Å². The third-order valence-corrected chi connectivity index (χ3v) is 9.02. The van der Waals surface area contributed by atoms with E-state index in [9.17, 15) is 17.9 Å². The molecule has 0 radical (unpaired) electrons. The van der Waals surface area contributed by atoms with E-state index < -0.39 is 20.7 Å². The molecule has 2 atom stereocenters. The molecule has 0 bridgehead atoms. The van der Waals surface area contributed by atoms with Crippen molar-refractivity contribution in [3.63, 3.8) is 0 Å². The first-order chi connectivity index (χ1) is 13.9. The molecule has 2 N–H and O–H groups in total. The van der Waals surface area contributed by atoms with Crippen LogP contribution in [0.4, 0.5) is 15.2 Å². The van der Waals surface area contributed by atoms with Crippen LogP contribution in [-0.4, -0.2) is 54.7 Å². The van der Waals surface area contributed by atoms with Gasteiger partial charge in [-0.3, -0.25) is 4.90 Å². The number of aliphatic hydroxyl groups is 1. The number of nitrogens with zero attached hydrogens (tertiary/aromatic N) is 3. The van der Waals surface area contributed by atoms with Gasteiger partial charge in [-0.2, -0.15) is 8.42 Å². The number of thiazole rings is 1. The summed E-state index contributed by atoms with van der Waals surface area (Å²) in [6.07, 6.45) is 5.46. The molecule has 2 aromatic rings. The molecule has 29 heavy (non-hydrogen) atoms. The predicted molar refractivity (Wildman–Crippen MR) is 111 cm³/mol. The number of nitrogens with one attached hydrogen (secondary N) is 1. The molecule has 0 spiro atoms. The van der Waals surface area contributed by atoms with Crippen LogP contribution in [0, 0.1) is 5.82 Å². The molecule has 2 unspecified atom stereocenters. The number of sulfonamides is 1. The first-order valence-corrected chi connectivity index (χ1v) is 12.0. The molecule has 0 saturated carbocycles. The minimum absolute atomic E-state index is 0.0353. The molecule has 1 aromatic carbocycles. The largest absolute Gasteiger partial charge is 0.395 e. The average Bonchev–Trinajstić information content (AvgIpc) is 3.42. The number of hydrogen-bond acceptors (Lipinski definition) is 7. The summed E-state index contributed by atoms with van der Waals surface area (Å²) in [4.78, 5) is 5.70. The lowest BCUT2D eigenvalue weighted by Crippen LogP contribution is -2.48. The van der Waals surface area contributed by atoms with Gasteiger partial charge in [0.1, 0.15) is 10.7 Å². The van der Waals surface area contributed by atoms with Crippen LogP contribution in [0.2, 0.25) is 0 Å². The van der Waals surface area contributed by atoms with Gasteiger partial charge in [0.15, 0.2) is 0 Å². The molecule has 2 saturated heterocycles. The molecule has 1 aromatic heterocycles. The summed E-state index contributed by atoms with van der Waals surface area (Å²) in [5, 5.41) is 14.5. The number of fused-ring (bicyclic) bond motifs is 1. The van der Waals surface area contributed by atoms with Gasteiger partial charge >= 0.3 is 0 Å². The van der Waals surface area contributed by atoms with E-state index in [2.05, 4.69) is 15.2 Å². The standard InChI is InChI=1S/C18H22ClFN4O3S2/c19-24(17-21-7-9-28-17)29(26,27)16-3-2-13(10-15(16)20)22-12-18-5-1-8-23(18)14(11-25)4-6-18/h2-3,7,9-10,14,22,25H,1,4-6,8,11-12H2. The zero-order valence-electron chi connectivity index (χ0n) is 15.6. The van der Waals surface area contributed by atoms with Gasteiger partial charge in [0, 0.05) is 47.2 Å². The summed E-state index contributed by atoms with van der Waals surface area (Å²) in [7, 11) is -4.26. The van der Waals surface area contributed by atoms with Crippen LogP contribution in [0.25, 0.3) is 0 Å². The highest BCUT2D eigenvalue weighted by molar-refractivity contribution is 7.94. The summed E-state index contributed by atoms with van der Waals surface area (Å²) in [6, 6.07) is 4.11. The highest BCUT2D eigenvalue weighted by atomic mass is 35.5. The second-order valence-corrected chi connectivity index (χ2v) is 10.6. The monoisotopic (exact) mass is 460 g/mol. The van der Waals surface area contributed by atoms with Gasteiger partial charge in [-0.15, -0.1) is 15.2 Å². The second-order valence-electron chi connectivity index (χ2n) is 7.43. The van der Waals surface area contributed by atoms with E-state index >= 15 is 0 Å². The van der Waals surface area contributed by atoms with Crippen LogP contribution in [0.15, 0.2) is 34.7 Å². The Morgan fingerprint density at radius 1 is 1.45 bits per heavy atom. The van der Waals surface area contributed by atoms with Gasteiger partial charge in [-0.25, -0.2) is 9.37 Å². The van der Waals surface area contributed by atoms with E-state index in [4.69, 9.17) is 11.8 Å². The summed E-state index contributed by atoms with van der Waals surface area (Å²) in [6.45, 7) is 1.73. The Kier molecular flexibility index (Phi) is 5.73. The number of benzene rings is 1. The molecule has 11 heteroatoms. The molecular formula is C18H22ClFN4O3S2. The van der Waals surface area contributed by atoms with Gasteiger partial charge < -0.3 is 10.4 Å². The molecule has 4 rings (SSSR count). The molecule has 0 amide bonds. The molecule has 3 heterocycles. The van der Waals surface area contributed by atoms with Crippen molar-refractivity contribution in [2.45, 2.75) is 42.2 Å². The van der Waals surface area contributed by atoms with Crippen LogP contribution in [-0.2, 0) is 10.0 Å². The van der Waals surface area contributed by atoms with Crippen molar-refractivity contribution in [2.75, 3.05) is 28.8 Å². The van der Waals surface area contributed by atoms with E-state index in [0.717, 1.165) is 43.6 Å². The first kappa shape index (κ1) is 20.8. The third kappa shape index (κ3) is 3.72. The normalized spacial score (nSPS) is 24.6. The molecule has 158 valence electrons. The fraction of sp³-hybridized carbons (Fsp3) is 0.500. The van der Waals surface area contributed by atoms with Gasteiger partial charge in [0.2, 0.25) is 5.13 Å². The minimum atomic E-state index is -4.26. The minimum Gasteiger partial charge on any atom is -0.395 e. The molecule has 2 aliphatic rings. The number of aromatic nitrogens is 1. The van der Waals surface area contributed by atoms with Gasteiger partial charge in [0.05, 0.1) is 6.61 Å². The lowest BCUT2D eigenvalue weighted by molar-refractivity contribution is 0.113. The number of halogens is 2. The number of hydrogen-bond donors (Lipinski definition) is 2. The molecule has 2 aliphatic heterocycles. The summed E-state index contributed by atoms with van der Waals surface area (Å²) in [5.74, 6) is -0.877. The number of anilines is 2. The summed E-state index contributed by atoms with van der Waals surface area (Å²) >= 11 is 6.95. The Morgan fingerprint density at radius 2 is 2.28 bits per heavy atom. The Morgan fingerprint density at radius 3 is 2.97 bits per heavy atom. The summed E-state index contributed by atoms with van der Waals surface area (Å²) in [5.41, 5.74) is 0.470. The first-order valence-electron chi connectivity index (χ1n) is 9.39. The van der Waals surface area contributed by atoms with E-state index in [0.29, 0.717) is 16.1 Å². The van der Waals surface area contributed by atoms with Gasteiger partial charge in [0.25, 0.3) is 10.0 Å². The molecule has 7 nitrogen and oxygen atoms in total. The van der Waals surface area contributed by atoms with E-state index in [1.54, 1.807) is 5.38 Å². The quantitative estimate of drug-likeness (QED) is 0.618. The molecule has 2 fully saturated rings. The van der Waals surface area contributed by atoms with Crippen LogP contribution >= 0.6 is 23.1 Å². The maximum Gasteiger partial charge on any atom is 0.283 e. The smallest absolute Gasteiger partial charge is 0.283 e. The van der Waals surface area contributed by atoms with Crippen LogP contribution in [0.3, 0.4) is 0 Å². The van der Waals surface area contributed by atoms with Crippen molar-refractivity contribution >= 4 is 44.0 Å². The SMILES string of the molecule is O=S(=O)(c1ccc(NCC23CCCN2C(CO)CC3)cc1F)N(Cl)c1nccs1. The van der Waals surface area contributed by atoms with E-state index in [1.165, 1.54) is 24.4 Å². The van der Waals surface area contributed by atoms with E-state index in [-0.39, 0.29) is 23.3 Å². The van der Waals surface area contributed by atoms with Crippen molar-refractivity contribution in [1.29, 1.82) is 0 Å². The van der Waals surface area contributed by atoms with Crippen LogP contribution in [0.5, 0.6) is 0 Å². The zero-order valence-corrected chi connectivity index (χ0v) is 18.0. The summed E-state index contributed by atoms with van der Waals surface area (Å²) < 4.78 is 40.4. The fourth-order valence-corrected chi connectivity index (χ4v) is 6.66. The fourth-order valence-electron chi connectivity index (χ4n) is 4.44. The van der Waals surface area contributed by atoms with Crippen molar-refractivity contribution < 1.29 is 17.9 Å². The number of rotatable bonds is 7. The second kappa shape index (κ2) is 7.99. The Bertz CT molecular complexity index is 975. The predicted octanol–water partition coefficient (Wildman–Crippen LogP) is 3.03. The Hall–Kier alpha value is -1.46. The zero-order chi connectivity index (χ0) is 20.6. The average molecular weight is 461 g/mol. The number of aliphatic hydroxyl groups excluding tert-OH is 1.